The minimum absolute atomic E-state index is 0.370. The van der Waals surface area contributed by atoms with Gasteiger partial charge < -0.3 is 10.1 Å². The quantitative estimate of drug-likeness (QED) is 0.722. The number of carboxylic acid groups (broad SMARTS) is 1. The van der Waals surface area contributed by atoms with Crippen LogP contribution in [0, 0.1) is 0 Å². The monoisotopic (exact) mass is 243 g/mol. The first-order valence-corrected chi connectivity index (χ1v) is 5.96. The summed E-state index contributed by atoms with van der Waals surface area (Å²) in [5.41, 5.74) is 2.14. The Labute approximate surface area is 101 Å². The Morgan fingerprint density at radius 3 is 2.82 bits per heavy atom. The highest BCUT2D eigenvalue weighted by molar-refractivity contribution is 7.17. The van der Waals surface area contributed by atoms with Gasteiger partial charge in [-0.25, -0.2) is 4.79 Å². The van der Waals surface area contributed by atoms with E-state index in [4.69, 9.17) is 5.11 Å². The molecule has 0 aliphatic heterocycles. The molecule has 2 N–H and O–H groups in total. The predicted octanol–water partition coefficient (Wildman–Crippen LogP) is 3.59. The second-order valence-electron chi connectivity index (χ2n) is 3.75. The Balaban J connectivity index is 2.09. The molecule has 0 fully saturated rings. The number of aromatic nitrogens is 1. The molecule has 0 bridgehead atoms. The van der Waals surface area contributed by atoms with Gasteiger partial charge in [-0.2, -0.15) is 0 Å². The molecule has 3 aromatic rings. The standard InChI is InChI=1S/C13H9NO2S/c15-13(16)12-4-3-11(17-12)9-1-2-10-8(7-9)5-6-14-10/h1-7,14H,(H,15,16). The molecule has 2 heterocycles. The van der Waals surface area contributed by atoms with Crippen LogP contribution in [0.15, 0.2) is 42.6 Å². The van der Waals surface area contributed by atoms with Crippen molar-refractivity contribution < 1.29 is 9.90 Å². The zero-order valence-corrected chi connectivity index (χ0v) is 9.62. The summed E-state index contributed by atoms with van der Waals surface area (Å²) in [5, 5.41) is 10.0. The number of aromatic amines is 1. The summed E-state index contributed by atoms with van der Waals surface area (Å²) < 4.78 is 0. The van der Waals surface area contributed by atoms with Crippen LogP contribution in [0.25, 0.3) is 21.3 Å². The molecule has 0 saturated heterocycles. The van der Waals surface area contributed by atoms with Crippen LogP contribution in [-0.4, -0.2) is 16.1 Å². The fourth-order valence-electron chi connectivity index (χ4n) is 1.81. The van der Waals surface area contributed by atoms with E-state index in [1.807, 2.05) is 30.5 Å². The van der Waals surface area contributed by atoms with Crippen molar-refractivity contribution in [2.75, 3.05) is 0 Å². The molecular formula is C13H9NO2S. The van der Waals surface area contributed by atoms with Crippen molar-refractivity contribution >= 4 is 28.2 Å². The average Bonchev–Trinajstić information content (AvgIpc) is 2.97. The van der Waals surface area contributed by atoms with Crippen molar-refractivity contribution in [3.63, 3.8) is 0 Å². The van der Waals surface area contributed by atoms with E-state index in [1.54, 1.807) is 6.07 Å². The van der Waals surface area contributed by atoms with E-state index in [2.05, 4.69) is 11.1 Å². The smallest absolute Gasteiger partial charge is 0.345 e. The minimum atomic E-state index is -0.871. The van der Waals surface area contributed by atoms with Gasteiger partial charge in [0, 0.05) is 16.6 Å². The van der Waals surface area contributed by atoms with Crippen molar-refractivity contribution in [1.29, 1.82) is 0 Å². The third-order valence-electron chi connectivity index (χ3n) is 2.65. The van der Waals surface area contributed by atoms with Crippen LogP contribution < -0.4 is 0 Å². The van der Waals surface area contributed by atoms with E-state index in [-0.39, 0.29) is 0 Å². The normalized spacial score (nSPS) is 10.8. The summed E-state index contributed by atoms with van der Waals surface area (Å²) in [5.74, 6) is -0.871. The number of carboxylic acids is 1. The van der Waals surface area contributed by atoms with Gasteiger partial charge in [0.25, 0.3) is 0 Å². The molecule has 1 aromatic carbocycles. The second-order valence-corrected chi connectivity index (χ2v) is 4.83. The minimum Gasteiger partial charge on any atom is -0.477 e. The van der Waals surface area contributed by atoms with Crippen LogP contribution in [0.3, 0.4) is 0 Å². The lowest BCUT2D eigenvalue weighted by atomic mass is 10.1. The molecule has 0 saturated carbocycles. The number of fused-ring (bicyclic) bond motifs is 1. The van der Waals surface area contributed by atoms with Gasteiger partial charge in [0.05, 0.1) is 0 Å². The Morgan fingerprint density at radius 1 is 1.18 bits per heavy atom. The first-order valence-electron chi connectivity index (χ1n) is 5.15. The summed E-state index contributed by atoms with van der Waals surface area (Å²) >= 11 is 1.30. The molecule has 0 aliphatic carbocycles. The highest BCUT2D eigenvalue weighted by atomic mass is 32.1. The van der Waals surface area contributed by atoms with Gasteiger partial charge in [0.15, 0.2) is 0 Å². The number of carbonyl (C=O) groups is 1. The van der Waals surface area contributed by atoms with Crippen molar-refractivity contribution in [1.82, 2.24) is 4.98 Å². The number of rotatable bonds is 2. The van der Waals surface area contributed by atoms with Crippen LogP contribution in [0.5, 0.6) is 0 Å². The van der Waals surface area contributed by atoms with E-state index in [9.17, 15) is 4.79 Å². The van der Waals surface area contributed by atoms with Crippen LogP contribution in [0.1, 0.15) is 9.67 Å². The van der Waals surface area contributed by atoms with E-state index in [1.165, 1.54) is 11.3 Å². The van der Waals surface area contributed by atoms with Crippen LogP contribution in [0.2, 0.25) is 0 Å². The molecule has 0 spiro atoms. The van der Waals surface area contributed by atoms with Gasteiger partial charge in [-0.05, 0) is 41.3 Å². The lowest BCUT2D eigenvalue weighted by Gasteiger charge is -1.97. The highest BCUT2D eigenvalue weighted by Crippen LogP contribution is 2.30. The number of H-pyrrole nitrogens is 1. The predicted molar refractivity (Wildman–Crippen MR) is 68.6 cm³/mol. The highest BCUT2D eigenvalue weighted by Gasteiger charge is 2.08. The van der Waals surface area contributed by atoms with Crippen LogP contribution >= 0.6 is 11.3 Å². The van der Waals surface area contributed by atoms with Crippen molar-refractivity contribution in [2.45, 2.75) is 0 Å². The molecule has 0 unspecified atom stereocenters. The van der Waals surface area contributed by atoms with E-state index in [0.717, 1.165) is 21.3 Å². The Hall–Kier alpha value is -2.07. The van der Waals surface area contributed by atoms with Crippen LogP contribution in [0.4, 0.5) is 0 Å². The van der Waals surface area contributed by atoms with Crippen molar-refractivity contribution in [3.05, 3.63) is 47.5 Å². The largest absolute Gasteiger partial charge is 0.477 e. The summed E-state index contributed by atoms with van der Waals surface area (Å²) in [7, 11) is 0. The number of aromatic carboxylic acids is 1. The van der Waals surface area contributed by atoms with E-state index >= 15 is 0 Å². The molecule has 4 heteroatoms. The zero-order chi connectivity index (χ0) is 11.8. The molecule has 3 rings (SSSR count). The SMILES string of the molecule is O=C(O)c1ccc(-c2ccc3[nH]ccc3c2)s1. The summed E-state index contributed by atoms with van der Waals surface area (Å²) in [6.07, 6.45) is 1.89. The number of nitrogens with one attached hydrogen (secondary N) is 1. The van der Waals surface area contributed by atoms with Gasteiger partial charge in [-0.15, -0.1) is 11.3 Å². The maximum absolute atomic E-state index is 10.8. The molecule has 0 atom stereocenters. The lowest BCUT2D eigenvalue weighted by molar-refractivity contribution is 0.0702. The topological polar surface area (TPSA) is 53.1 Å². The van der Waals surface area contributed by atoms with Crippen molar-refractivity contribution in [2.24, 2.45) is 0 Å². The van der Waals surface area contributed by atoms with E-state index in [0.29, 0.717) is 4.88 Å². The Morgan fingerprint density at radius 2 is 2.06 bits per heavy atom. The molecule has 2 aromatic heterocycles. The number of hydrogen-bond donors (Lipinski definition) is 2. The van der Waals surface area contributed by atoms with Gasteiger partial charge >= 0.3 is 5.97 Å². The van der Waals surface area contributed by atoms with Gasteiger partial charge in [-0.1, -0.05) is 6.07 Å². The van der Waals surface area contributed by atoms with Crippen molar-refractivity contribution in [3.8, 4) is 10.4 Å². The van der Waals surface area contributed by atoms with Gasteiger partial charge in [-0.3, -0.25) is 0 Å². The Kier molecular flexibility index (Phi) is 2.23. The maximum Gasteiger partial charge on any atom is 0.345 e. The fraction of sp³-hybridized carbons (Fsp3) is 0. The molecular weight excluding hydrogens is 234 g/mol. The first kappa shape index (κ1) is 10.1. The average molecular weight is 243 g/mol. The fourth-order valence-corrected chi connectivity index (χ4v) is 2.66. The molecule has 0 amide bonds. The molecule has 0 radical (unpaired) electrons. The number of benzene rings is 1. The second kappa shape index (κ2) is 3.75. The summed E-state index contributed by atoms with van der Waals surface area (Å²) in [6.45, 7) is 0. The van der Waals surface area contributed by atoms with E-state index < -0.39 is 5.97 Å². The Bertz CT molecular complexity index is 696. The molecule has 3 nitrogen and oxygen atoms in total. The van der Waals surface area contributed by atoms with Gasteiger partial charge in [0.1, 0.15) is 4.88 Å². The van der Waals surface area contributed by atoms with Gasteiger partial charge in [0.2, 0.25) is 0 Å². The maximum atomic E-state index is 10.8. The summed E-state index contributed by atoms with van der Waals surface area (Å²) in [4.78, 5) is 15.3. The zero-order valence-electron chi connectivity index (χ0n) is 8.81. The van der Waals surface area contributed by atoms with Crippen LogP contribution in [-0.2, 0) is 0 Å². The molecule has 84 valence electrons. The lowest BCUT2D eigenvalue weighted by Crippen LogP contribution is -1.89. The number of thiophene rings is 1. The molecule has 17 heavy (non-hydrogen) atoms. The third-order valence-corrected chi connectivity index (χ3v) is 3.78. The third kappa shape index (κ3) is 1.72. The summed E-state index contributed by atoms with van der Waals surface area (Å²) in [6, 6.07) is 11.6. The number of hydrogen-bond acceptors (Lipinski definition) is 2. The molecule has 0 aliphatic rings. The first-order chi connectivity index (χ1) is 8.24.